The molecule has 3 nitrogen and oxygen atoms in total. The summed E-state index contributed by atoms with van der Waals surface area (Å²) in [6.07, 6.45) is 7.06. The van der Waals surface area contributed by atoms with E-state index in [9.17, 15) is 0 Å². The second-order valence-electron chi connectivity index (χ2n) is 6.97. The number of likely N-dealkylation sites (N-methyl/N-ethyl adjacent to an activating group) is 1. The Balaban J connectivity index is 1.62. The zero-order valence-electron chi connectivity index (χ0n) is 13.6. The van der Waals surface area contributed by atoms with E-state index in [2.05, 4.69) is 47.4 Å². The number of rotatable bonds is 5. The van der Waals surface area contributed by atoms with Gasteiger partial charge in [0.1, 0.15) is 0 Å². The van der Waals surface area contributed by atoms with Gasteiger partial charge in [-0.3, -0.25) is 9.80 Å². The molecular formula is C18H29N3. The summed E-state index contributed by atoms with van der Waals surface area (Å²) in [7, 11) is 2.21. The standard InChI is InChI=1S/C18H29N3/c1-4-16-12-21(18-13-19(3)14-18)9-6-17(16)10-15(2)11-20-7-5-8-20/h4,10,18H,1,5-9,11-14H2,2-3H3. The molecule has 0 N–H and O–H groups in total. The first-order chi connectivity index (χ1) is 10.2. The molecular weight excluding hydrogens is 258 g/mol. The van der Waals surface area contributed by atoms with Gasteiger partial charge in [-0.25, -0.2) is 0 Å². The van der Waals surface area contributed by atoms with Crippen molar-refractivity contribution in [1.82, 2.24) is 14.7 Å². The van der Waals surface area contributed by atoms with Gasteiger partial charge in [-0.05, 0) is 51.0 Å². The molecule has 0 aromatic heterocycles. The van der Waals surface area contributed by atoms with E-state index in [-0.39, 0.29) is 0 Å². The molecule has 0 aromatic rings. The maximum Gasteiger partial charge on any atom is 0.0353 e. The van der Waals surface area contributed by atoms with Crippen molar-refractivity contribution in [1.29, 1.82) is 0 Å². The van der Waals surface area contributed by atoms with Crippen LogP contribution in [0, 0.1) is 0 Å². The van der Waals surface area contributed by atoms with Crippen LogP contribution in [0.1, 0.15) is 19.8 Å². The predicted octanol–water partition coefficient (Wildman–Crippen LogP) is 2.14. The van der Waals surface area contributed by atoms with Crippen LogP contribution in [0.25, 0.3) is 0 Å². The second-order valence-corrected chi connectivity index (χ2v) is 6.97. The lowest BCUT2D eigenvalue weighted by Gasteiger charge is -2.45. The van der Waals surface area contributed by atoms with Crippen LogP contribution >= 0.6 is 0 Å². The molecule has 3 aliphatic heterocycles. The van der Waals surface area contributed by atoms with Gasteiger partial charge in [-0.2, -0.15) is 0 Å². The van der Waals surface area contributed by atoms with E-state index in [0.29, 0.717) is 0 Å². The van der Waals surface area contributed by atoms with Gasteiger partial charge in [0, 0.05) is 38.8 Å². The zero-order chi connectivity index (χ0) is 14.8. The second kappa shape index (κ2) is 6.47. The van der Waals surface area contributed by atoms with Crippen molar-refractivity contribution < 1.29 is 0 Å². The molecule has 2 fully saturated rings. The van der Waals surface area contributed by atoms with E-state index >= 15 is 0 Å². The minimum atomic E-state index is 0.762. The van der Waals surface area contributed by atoms with Crippen LogP contribution in [-0.4, -0.2) is 73.6 Å². The fraction of sp³-hybridized carbons (Fsp3) is 0.667. The van der Waals surface area contributed by atoms with Crippen LogP contribution in [0.2, 0.25) is 0 Å². The Kier molecular flexibility index (Phi) is 4.63. The first kappa shape index (κ1) is 15.0. The molecule has 0 aliphatic carbocycles. The average Bonchev–Trinajstić information content (AvgIpc) is 2.40. The number of nitrogens with zero attached hydrogens (tertiary/aromatic N) is 3. The molecule has 0 atom stereocenters. The molecule has 0 saturated carbocycles. The molecule has 21 heavy (non-hydrogen) atoms. The predicted molar refractivity (Wildman–Crippen MR) is 89.5 cm³/mol. The molecule has 3 heteroatoms. The zero-order valence-corrected chi connectivity index (χ0v) is 13.6. The Morgan fingerprint density at radius 2 is 2.00 bits per heavy atom. The third kappa shape index (κ3) is 3.47. The van der Waals surface area contributed by atoms with Crippen molar-refractivity contribution in [3.8, 4) is 0 Å². The largest absolute Gasteiger partial charge is 0.303 e. The lowest BCUT2D eigenvalue weighted by atomic mass is 9.95. The van der Waals surface area contributed by atoms with Gasteiger partial charge < -0.3 is 4.90 Å². The van der Waals surface area contributed by atoms with Crippen LogP contribution < -0.4 is 0 Å². The minimum absolute atomic E-state index is 0.762. The summed E-state index contributed by atoms with van der Waals surface area (Å²) in [6, 6.07) is 0.762. The summed E-state index contributed by atoms with van der Waals surface area (Å²) in [6.45, 7) is 14.8. The van der Waals surface area contributed by atoms with E-state index in [1.165, 1.54) is 62.3 Å². The third-order valence-electron chi connectivity index (χ3n) is 5.10. The van der Waals surface area contributed by atoms with Gasteiger partial charge in [0.25, 0.3) is 0 Å². The topological polar surface area (TPSA) is 9.72 Å². The summed E-state index contributed by atoms with van der Waals surface area (Å²) >= 11 is 0. The Morgan fingerprint density at radius 1 is 1.24 bits per heavy atom. The Bertz CT molecular complexity index is 453. The first-order valence-corrected chi connectivity index (χ1v) is 8.32. The van der Waals surface area contributed by atoms with Gasteiger partial charge in [0.15, 0.2) is 0 Å². The molecule has 3 heterocycles. The third-order valence-corrected chi connectivity index (χ3v) is 5.10. The maximum absolute atomic E-state index is 4.05. The molecule has 2 saturated heterocycles. The van der Waals surface area contributed by atoms with Crippen LogP contribution in [0.5, 0.6) is 0 Å². The Labute approximate surface area is 129 Å². The smallest absolute Gasteiger partial charge is 0.0353 e. The number of hydrogen-bond acceptors (Lipinski definition) is 3. The summed E-state index contributed by atoms with van der Waals surface area (Å²) in [5.74, 6) is 0. The summed E-state index contributed by atoms with van der Waals surface area (Å²) in [5.41, 5.74) is 4.46. The molecule has 3 rings (SSSR count). The lowest BCUT2D eigenvalue weighted by Crippen LogP contribution is -2.58. The van der Waals surface area contributed by atoms with Gasteiger partial charge in [0.2, 0.25) is 0 Å². The molecule has 0 unspecified atom stereocenters. The molecule has 0 bridgehead atoms. The minimum Gasteiger partial charge on any atom is -0.303 e. The van der Waals surface area contributed by atoms with E-state index < -0.39 is 0 Å². The van der Waals surface area contributed by atoms with Crippen LogP contribution in [0.3, 0.4) is 0 Å². The van der Waals surface area contributed by atoms with Crippen molar-refractivity contribution in [2.45, 2.75) is 25.8 Å². The maximum atomic E-state index is 4.05. The number of hydrogen-bond donors (Lipinski definition) is 0. The summed E-state index contributed by atoms with van der Waals surface area (Å²) in [5, 5.41) is 0. The normalized spacial score (nSPS) is 26.7. The molecule has 116 valence electrons. The van der Waals surface area contributed by atoms with Crippen molar-refractivity contribution in [3.63, 3.8) is 0 Å². The lowest BCUT2D eigenvalue weighted by molar-refractivity contribution is 0.0568. The van der Waals surface area contributed by atoms with Gasteiger partial charge in [0.05, 0.1) is 0 Å². The van der Waals surface area contributed by atoms with Crippen LogP contribution in [-0.2, 0) is 0 Å². The fourth-order valence-electron chi connectivity index (χ4n) is 3.63. The summed E-state index contributed by atoms with van der Waals surface area (Å²) in [4.78, 5) is 7.56. The molecule has 0 aromatic carbocycles. The van der Waals surface area contributed by atoms with Gasteiger partial charge in [-0.15, -0.1) is 0 Å². The monoisotopic (exact) mass is 287 g/mol. The highest BCUT2D eigenvalue weighted by Crippen LogP contribution is 2.25. The van der Waals surface area contributed by atoms with E-state index in [0.717, 1.165) is 19.1 Å². The average molecular weight is 287 g/mol. The number of allylic oxidation sites excluding steroid dienone is 1. The highest BCUT2D eigenvalue weighted by atomic mass is 15.3. The molecule has 0 radical (unpaired) electrons. The van der Waals surface area contributed by atoms with Crippen LogP contribution in [0.15, 0.2) is 35.5 Å². The SMILES string of the molecule is C=CC1=C(C=C(C)CN2CCC2)CCN(C2CN(C)C2)C1. The Morgan fingerprint density at radius 3 is 2.57 bits per heavy atom. The fourth-order valence-corrected chi connectivity index (χ4v) is 3.63. The Hall–Kier alpha value is -0.900. The van der Waals surface area contributed by atoms with Crippen molar-refractivity contribution in [2.75, 3.05) is 52.9 Å². The van der Waals surface area contributed by atoms with Crippen molar-refractivity contribution >= 4 is 0 Å². The molecule has 0 spiro atoms. The molecule has 0 amide bonds. The number of likely N-dealkylation sites (tertiary alicyclic amines) is 2. The van der Waals surface area contributed by atoms with Gasteiger partial charge >= 0.3 is 0 Å². The van der Waals surface area contributed by atoms with E-state index in [4.69, 9.17) is 0 Å². The highest BCUT2D eigenvalue weighted by Gasteiger charge is 2.31. The van der Waals surface area contributed by atoms with Gasteiger partial charge in [-0.1, -0.05) is 24.3 Å². The van der Waals surface area contributed by atoms with E-state index in [1.807, 2.05) is 0 Å². The van der Waals surface area contributed by atoms with Crippen molar-refractivity contribution in [3.05, 3.63) is 35.5 Å². The van der Waals surface area contributed by atoms with E-state index in [1.54, 1.807) is 0 Å². The van der Waals surface area contributed by atoms with Crippen LogP contribution in [0.4, 0.5) is 0 Å². The van der Waals surface area contributed by atoms with Crippen molar-refractivity contribution in [2.24, 2.45) is 0 Å². The highest BCUT2D eigenvalue weighted by molar-refractivity contribution is 5.37. The summed E-state index contributed by atoms with van der Waals surface area (Å²) < 4.78 is 0. The molecule has 3 aliphatic rings. The quantitative estimate of drug-likeness (QED) is 0.767. The first-order valence-electron chi connectivity index (χ1n) is 8.32.